The molecule has 21 heavy (non-hydrogen) atoms. The van der Waals surface area contributed by atoms with Crippen LogP contribution in [0.1, 0.15) is 32.1 Å². The molecule has 1 aliphatic carbocycles. The highest BCUT2D eigenvalue weighted by molar-refractivity contribution is 7.93. The van der Waals surface area contributed by atoms with Gasteiger partial charge in [0.25, 0.3) is 0 Å². The van der Waals surface area contributed by atoms with E-state index in [2.05, 4.69) is 19.8 Å². The third kappa shape index (κ3) is 3.21. The van der Waals surface area contributed by atoms with Crippen LogP contribution in [0.5, 0.6) is 0 Å². The fourth-order valence-corrected chi connectivity index (χ4v) is 4.06. The minimum Gasteiger partial charge on any atom is -0.267 e. The Kier molecular flexibility index (Phi) is 3.87. The quantitative estimate of drug-likeness (QED) is 0.929. The maximum Gasteiger partial charge on any atom is 0.236 e. The van der Waals surface area contributed by atoms with Crippen molar-refractivity contribution in [2.45, 2.75) is 37.4 Å². The van der Waals surface area contributed by atoms with Gasteiger partial charge in [0, 0.05) is 18.5 Å². The third-order valence-electron chi connectivity index (χ3n) is 3.63. The van der Waals surface area contributed by atoms with Gasteiger partial charge in [-0.1, -0.05) is 19.3 Å². The van der Waals surface area contributed by atoms with Crippen molar-refractivity contribution in [1.82, 2.24) is 19.7 Å². The minimum absolute atomic E-state index is 0.279. The van der Waals surface area contributed by atoms with Crippen LogP contribution < -0.4 is 4.72 Å². The SMILES string of the molecule is O=S(=O)(Nc1cc(-n2cccn2)ncn1)C1CCCCC1. The molecule has 3 rings (SSSR count). The molecule has 0 aliphatic heterocycles. The summed E-state index contributed by atoms with van der Waals surface area (Å²) in [6.07, 6.45) is 9.18. The van der Waals surface area contributed by atoms with E-state index in [9.17, 15) is 8.42 Å². The lowest BCUT2D eigenvalue weighted by molar-refractivity contribution is 0.486. The minimum atomic E-state index is -3.39. The van der Waals surface area contributed by atoms with Gasteiger partial charge in [0.15, 0.2) is 5.82 Å². The molecule has 0 saturated heterocycles. The predicted molar refractivity (Wildman–Crippen MR) is 78.6 cm³/mol. The van der Waals surface area contributed by atoms with Crippen LogP contribution in [0.25, 0.3) is 5.82 Å². The summed E-state index contributed by atoms with van der Waals surface area (Å²) >= 11 is 0. The number of rotatable bonds is 4. The van der Waals surface area contributed by atoms with E-state index in [0.717, 1.165) is 19.3 Å². The van der Waals surface area contributed by atoms with E-state index in [0.29, 0.717) is 18.7 Å². The Labute approximate surface area is 123 Å². The van der Waals surface area contributed by atoms with E-state index < -0.39 is 10.0 Å². The van der Waals surface area contributed by atoms with Gasteiger partial charge in [-0.15, -0.1) is 0 Å². The highest BCUT2D eigenvalue weighted by Gasteiger charge is 2.27. The van der Waals surface area contributed by atoms with Crippen molar-refractivity contribution in [2.75, 3.05) is 4.72 Å². The van der Waals surface area contributed by atoms with Gasteiger partial charge in [-0.25, -0.2) is 23.1 Å². The molecular formula is C13H17N5O2S. The summed E-state index contributed by atoms with van der Waals surface area (Å²) in [5.41, 5.74) is 0. The van der Waals surface area contributed by atoms with E-state index in [4.69, 9.17) is 0 Å². The topological polar surface area (TPSA) is 89.8 Å². The van der Waals surface area contributed by atoms with Gasteiger partial charge < -0.3 is 0 Å². The van der Waals surface area contributed by atoms with Gasteiger partial charge in [-0.2, -0.15) is 5.10 Å². The van der Waals surface area contributed by atoms with E-state index in [1.165, 1.54) is 6.33 Å². The molecule has 2 aromatic heterocycles. The molecule has 0 atom stereocenters. The standard InChI is InChI=1S/C13H17N5O2S/c19-21(20,11-5-2-1-3-6-11)17-12-9-13(15-10-14-12)18-8-4-7-16-18/h4,7-11H,1-3,5-6H2,(H,14,15,17). The Balaban J connectivity index is 1.80. The van der Waals surface area contributed by atoms with Crippen LogP contribution >= 0.6 is 0 Å². The van der Waals surface area contributed by atoms with Crippen molar-refractivity contribution in [3.8, 4) is 5.82 Å². The second-order valence-corrected chi connectivity index (χ2v) is 7.08. The van der Waals surface area contributed by atoms with Crippen molar-refractivity contribution < 1.29 is 8.42 Å². The highest BCUT2D eigenvalue weighted by Crippen LogP contribution is 2.24. The van der Waals surface area contributed by atoms with Crippen LogP contribution in [0.4, 0.5) is 5.82 Å². The second-order valence-electron chi connectivity index (χ2n) is 5.12. The lowest BCUT2D eigenvalue weighted by Crippen LogP contribution is -2.30. The molecule has 8 heteroatoms. The Morgan fingerprint density at radius 3 is 2.71 bits per heavy atom. The molecule has 112 valence electrons. The molecule has 1 N–H and O–H groups in total. The lowest BCUT2D eigenvalue weighted by atomic mass is 10.0. The normalized spacial score (nSPS) is 16.8. The van der Waals surface area contributed by atoms with Crippen molar-refractivity contribution in [3.63, 3.8) is 0 Å². The zero-order chi connectivity index (χ0) is 14.7. The molecular weight excluding hydrogens is 290 g/mol. The van der Waals surface area contributed by atoms with Crippen LogP contribution in [0.15, 0.2) is 30.9 Å². The molecule has 0 spiro atoms. The summed E-state index contributed by atoms with van der Waals surface area (Å²) in [5, 5.41) is 3.74. The zero-order valence-corrected chi connectivity index (χ0v) is 12.3. The van der Waals surface area contributed by atoms with Crippen molar-refractivity contribution in [2.24, 2.45) is 0 Å². The third-order valence-corrected chi connectivity index (χ3v) is 5.47. The van der Waals surface area contributed by atoms with E-state index >= 15 is 0 Å². The van der Waals surface area contributed by atoms with Gasteiger partial charge in [-0.05, 0) is 18.9 Å². The summed E-state index contributed by atoms with van der Waals surface area (Å²) in [6, 6.07) is 3.35. The van der Waals surface area contributed by atoms with Gasteiger partial charge in [0.2, 0.25) is 10.0 Å². The molecule has 2 aromatic rings. The number of hydrogen-bond donors (Lipinski definition) is 1. The molecule has 0 unspecified atom stereocenters. The molecule has 7 nitrogen and oxygen atoms in total. The molecule has 1 aliphatic rings. The summed E-state index contributed by atoms with van der Waals surface area (Å²) in [6.45, 7) is 0. The van der Waals surface area contributed by atoms with E-state index in [-0.39, 0.29) is 11.1 Å². The molecule has 1 fully saturated rings. The lowest BCUT2D eigenvalue weighted by Gasteiger charge is -2.22. The molecule has 0 amide bonds. The summed E-state index contributed by atoms with van der Waals surface area (Å²) < 4.78 is 28.8. The molecule has 1 saturated carbocycles. The molecule has 2 heterocycles. The Hall–Kier alpha value is -1.96. The second kappa shape index (κ2) is 5.80. The van der Waals surface area contributed by atoms with Crippen LogP contribution in [-0.4, -0.2) is 33.4 Å². The molecule has 0 aromatic carbocycles. The first kappa shape index (κ1) is 14.0. The highest BCUT2D eigenvalue weighted by atomic mass is 32.2. The summed E-state index contributed by atoms with van der Waals surface area (Å²) in [7, 11) is -3.39. The van der Waals surface area contributed by atoms with Crippen molar-refractivity contribution in [3.05, 3.63) is 30.9 Å². The van der Waals surface area contributed by atoms with Crippen molar-refractivity contribution >= 4 is 15.8 Å². The van der Waals surface area contributed by atoms with E-state index in [1.54, 1.807) is 29.2 Å². The van der Waals surface area contributed by atoms with Gasteiger partial charge >= 0.3 is 0 Å². The first-order valence-electron chi connectivity index (χ1n) is 6.99. The van der Waals surface area contributed by atoms with Crippen LogP contribution in [0, 0.1) is 0 Å². The Bertz CT molecular complexity index is 693. The summed E-state index contributed by atoms with van der Waals surface area (Å²) in [5.74, 6) is 0.803. The zero-order valence-electron chi connectivity index (χ0n) is 11.5. The van der Waals surface area contributed by atoms with Gasteiger partial charge in [0.05, 0.1) is 5.25 Å². The van der Waals surface area contributed by atoms with Gasteiger partial charge in [-0.3, -0.25) is 4.72 Å². The number of sulfonamides is 1. The first-order chi connectivity index (χ1) is 10.1. The van der Waals surface area contributed by atoms with Gasteiger partial charge in [0.1, 0.15) is 12.1 Å². The average Bonchev–Trinajstić information content (AvgIpc) is 3.02. The maximum absolute atomic E-state index is 12.4. The number of nitrogens with one attached hydrogen (secondary N) is 1. The molecule has 0 radical (unpaired) electrons. The fourth-order valence-electron chi connectivity index (χ4n) is 2.54. The maximum atomic E-state index is 12.4. The largest absolute Gasteiger partial charge is 0.267 e. The Morgan fingerprint density at radius 2 is 2.00 bits per heavy atom. The molecule has 0 bridgehead atoms. The number of nitrogens with zero attached hydrogens (tertiary/aromatic N) is 4. The monoisotopic (exact) mass is 307 g/mol. The van der Waals surface area contributed by atoms with Crippen molar-refractivity contribution in [1.29, 1.82) is 0 Å². The first-order valence-corrected chi connectivity index (χ1v) is 8.53. The number of anilines is 1. The van der Waals surface area contributed by atoms with E-state index in [1.807, 2.05) is 0 Å². The Morgan fingerprint density at radius 1 is 1.19 bits per heavy atom. The number of aromatic nitrogens is 4. The number of hydrogen-bond acceptors (Lipinski definition) is 5. The smallest absolute Gasteiger partial charge is 0.236 e. The van der Waals surface area contributed by atoms with Crippen LogP contribution in [-0.2, 0) is 10.0 Å². The predicted octanol–water partition coefficient (Wildman–Crippen LogP) is 1.74. The summed E-state index contributed by atoms with van der Waals surface area (Å²) in [4.78, 5) is 8.07. The average molecular weight is 307 g/mol. The van der Waals surface area contributed by atoms with Crippen LogP contribution in [0.3, 0.4) is 0 Å². The fraction of sp³-hybridized carbons (Fsp3) is 0.462. The van der Waals surface area contributed by atoms with Crippen LogP contribution in [0.2, 0.25) is 0 Å².